The highest BCUT2D eigenvalue weighted by atomic mass is 16.5. The Labute approximate surface area is 262 Å². The van der Waals surface area contributed by atoms with Crippen molar-refractivity contribution in [3.63, 3.8) is 0 Å². The van der Waals surface area contributed by atoms with Gasteiger partial charge in [0.2, 0.25) is 5.91 Å². The van der Waals surface area contributed by atoms with E-state index in [1.165, 1.54) is 18.4 Å². The zero-order valence-corrected chi connectivity index (χ0v) is 26.5. The van der Waals surface area contributed by atoms with E-state index in [0.717, 1.165) is 54.2 Å². The normalized spacial score (nSPS) is 14.0. The van der Waals surface area contributed by atoms with Gasteiger partial charge in [0.05, 0.1) is 6.61 Å². The molecule has 44 heavy (non-hydrogen) atoms. The molecule has 1 aliphatic rings. The van der Waals surface area contributed by atoms with Crippen LogP contribution in [0.3, 0.4) is 0 Å². The minimum absolute atomic E-state index is 0.00457. The van der Waals surface area contributed by atoms with Crippen LogP contribution in [0.1, 0.15) is 42.5 Å². The van der Waals surface area contributed by atoms with Crippen molar-refractivity contribution >= 4 is 11.9 Å². The first kappa shape index (κ1) is 33.1. The molecule has 1 aliphatic heterocycles. The largest absolute Gasteiger partial charge is 0.493 e. The molecular weight excluding hydrogens is 552 g/mol. The van der Waals surface area contributed by atoms with Crippen molar-refractivity contribution in [2.24, 2.45) is 0 Å². The van der Waals surface area contributed by atoms with Crippen molar-refractivity contribution in [3.05, 3.63) is 83.7 Å². The summed E-state index contributed by atoms with van der Waals surface area (Å²) < 4.78 is 11.4. The van der Waals surface area contributed by atoms with Crippen LogP contribution in [-0.2, 0) is 28.9 Å². The Bertz CT molecular complexity index is 1310. The maximum Gasteiger partial charge on any atom is 0.226 e. The summed E-state index contributed by atoms with van der Waals surface area (Å²) in [5.41, 5.74) is 5.41. The van der Waals surface area contributed by atoms with Gasteiger partial charge in [-0.15, -0.1) is 0 Å². The predicted molar refractivity (Wildman–Crippen MR) is 176 cm³/mol. The van der Waals surface area contributed by atoms with Gasteiger partial charge in [-0.1, -0.05) is 42.5 Å². The minimum Gasteiger partial charge on any atom is -0.493 e. The van der Waals surface area contributed by atoms with Gasteiger partial charge in [-0.2, -0.15) is 0 Å². The van der Waals surface area contributed by atoms with Crippen LogP contribution in [0.5, 0.6) is 5.75 Å². The Balaban J connectivity index is 1.31. The molecule has 2 heterocycles. The summed E-state index contributed by atoms with van der Waals surface area (Å²) in [6, 6.07) is 21.4. The lowest BCUT2D eigenvalue weighted by Gasteiger charge is -2.35. The number of hydrogen-bond donors (Lipinski definition) is 3. The van der Waals surface area contributed by atoms with E-state index in [1.807, 2.05) is 24.3 Å². The Morgan fingerprint density at radius 1 is 1.02 bits per heavy atom. The summed E-state index contributed by atoms with van der Waals surface area (Å²) in [7, 11) is 6.05. The van der Waals surface area contributed by atoms with Crippen molar-refractivity contribution in [1.82, 2.24) is 25.4 Å². The first-order valence-electron chi connectivity index (χ1n) is 15.7. The average molecular weight is 601 g/mol. The molecule has 0 aliphatic carbocycles. The van der Waals surface area contributed by atoms with Crippen LogP contribution < -0.4 is 15.4 Å². The summed E-state index contributed by atoms with van der Waals surface area (Å²) in [5.74, 6) is 0.611. The molecule has 0 unspecified atom stereocenters. The van der Waals surface area contributed by atoms with E-state index in [0.29, 0.717) is 38.6 Å². The average Bonchev–Trinajstić information content (AvgIpc) is 3.03. The van der Waals surface area contributed by atoms with Gasteiger partial charge >= 0.3 is 0 Å². The van der Waals surface area contributed by atoms with E-state index in [-0.39, 0.29) is 18.3 Å². The van der Waals surface area contributed by atoms with E-state index >= 15 is 0 Å². The highest BCUT2D eigenvalue weighted by Crippen LogP contribution is 2.32. The van der Waals surface area contributed by atoms with Gasteiger partial charge in [0, 0.05) is 69.6 Å². The van der Waals surface area contributed by atoms with E-state index in [1.54, 1.807) is 13.3 Å². The van der Waals surface area contributed by atoms with Gasteiger partial charge in [0.1, 0.15) is 5.75 Å². The molecule has 3 N–H and O–H groups in total. The fraction of sp³-hybridized carbons (Fsp3) is 0.457. The fourth-order valence-corrected chi connectivity index (χ4v) is 5.47. The third-order valence-corrected chi connectivity index (χ3v) is 8.07. The fourth-order valence-electron chi connectivity index (χ4n) is 5.47. The minimum atomic E-state index is -0.200. The number of methoxy groups -OCH3 is 1. The highest BCUT2D eigenvalue weighted by molar-refractivity contribution is 5.95. The number of piperidine rings is 1. The Morgan fingerprint density at radius 2 is 1.80 bits per heavy atom. The SMILES string of the molecule is COCCCOc1cc(CCC(=O)NC(=N)NCCc2ccccn2)ccc1-c1ccc(CN2CCC(N(C)C)CC2)cc1. The van der Waals surface area contributed by atoms with Gasteiger partial charge < -0.3 is 19.7 Å². The molecule has 1 saturated heterocycles. The van der Waals surface area contributed by atoms with Gasteiger partial charge in [-0.05, 0) is 81.3 Å². The van der Waals surface area contributed by atoms with Crippen LogP contribution in [0.15, 0.2) is 66.9 Å². The van der Waals surface area contributed by atoms with Crippen molar-refractivity contribution in [1.29, 1.82) is 5.41 Å². The molecule has 9 heteroatoms. The van der Waals surface area contributed by atoms with Gasteiger partial charge in [-0.3, -0.25) is 25.4 Å². The highest BCUT2D eigenvalue weighted by Gasteiger charge is 2.20. The Hall–Kier alpha value is -3.79. The number of aryl methyl sites for hydroxylation is 1. The number of aromatic nitrogens is 1. The van der Waals surface area contributed by atoms with Crippen molar-refractivity contribution in [3.8, 4) is 16.9 Å². The lowest BCUT2D eigenvalue weighted by Crippen LogP contribution is -2.41. The van der Waals surface area contributed by atoms with Crippen molar-refractivity contribution in [2.75, 3.05) is 54.1 Å². The monoisotopic (exact) mass is 600 g/mol. The molecule has 2 aromatic carbocycles. The van der Waals surface area contributed by atoms with Crippen LogP contribution in [0.25, 0.3) is 11.1 Å². The zero-order chi connectivity index (χ0) is 31.1. The third kappa shape index (κ3) is 10.7. The molecular formula is C35H48N6O3. The van der Waals surface area contributed by atoms with E-state index < -0.39 is 0 Å². The predicted octanol–water partition coefficient (Wildman–Crippen LogP) is 4.51. The number of likely N-dealkylation sites (tertiary alicyclic amines) is 1. The van der Waals surface area contributed by atoms with Crippen LogP contribution in [0.4, 0.5) is 0 Å². The number of hydrogen-bond acceptors (Lipinski definition) is 7. The van der Waals surface area contributed by atoms with E-state index in [4.69, 9.17) is 14.9 Å². The van der Waals surface area contributed by atoms with Gasteiger partial charge in [0.25, 0.3) is 0 Å². The number of nitrogens with one attached hydrogen (secondary N) is 3. The molecule has 3 aromatic rings. The number of pyridine rings is 1. The first-order chi connectivity index (χ1) is 21.4. The Morgan fingerprint density at radius 3 is 2.50 bits per heavy atom. The van der Waals surface area contributed by atoms with E-state index in [9.17, 15) is 4.79 Å². The third-order valence-electron chi connectivity index (χ3n) is 8.07. The number of carbonyl (C=O) groups excluding carboxylic acids is 1. The summed E-state index contributed by atoms with van der Waals surface area (Å²) in [6.45, 7) is 4.95. The second-order valence-corrected chi connectivity index (χ2v) is 11.6. The zero-order valence-electron chi connectivity index (χ0n) is 26.5. The number of benzene rings is 2. The second kappa shape index (κ2) is 17.5. The lowest BCUT2D eigenvalue weighted by atomic mass is 9.99. The maximum atomic E-state index is 12.5. The van der Waals surface area contributed by atoms with Crippen LogP contribution in [-0.4, -0.2) is 86.7 Å². The molecule has 0 atom stereocenters. The molecule has 4 rings (SSSR count). The molecule has 9 nitrogen and oxygen atoms in total. The van der Waals surface area contributed by atoms with Gasteiger partial charge in [-0.25, -0.2) is 0 Å². The number of ether oxygens (including phenoxy) is 2. The first-order valence-corrected chi connectivity index (χ1v) is 15.7. The van der Waals surface area contributed by atoms with Crippen molar-refractivity contribution in [2.45, 2.75) is 51.1 Å². The molecule has 1 aromatic heterocycles. The molecule has 0 radical (unpaired) electrons. The standard InChI is InChI=1S/C35H48N6O3/c1-40(2)31-17-21-41(22-18-31)26-28-8-12-29(13-9-28)32-14-10-27(25-33(32)44-24-6-23-43-3)11-15-34(42)39-35(36)38-20-16-30-7-4-5-19-37-30/h4-5,7-10,12-14,19,25,31H,6,11,15-18,20-24,26H2,1-3H3,(H3,36,38,39,42). The number of rotatable bonds is 15. The second-order valence-electron chi connectivity index (χ2n) is 11.6. The van der Waals surface area contributed by atoms with Crippen LogP contribution in [0, 0.1) is 5.41 Å². The molecule has 1 fully saturated rings. The smallest absolute Gasteiger partial charge is 0.226 e. The summed E-state index contributed by atoms with van der Waals surface area (Å²) >= 11 is 0. The molecule has 0 saturated carbocycles. The summed E-state index contributed by atoms with van der Waals surface area (Å²) in [4.78, 5) is 21.7. The van der Waals surface area contributed by atoms with Gasteiger partial charge in [0.15, 0.2) is 5.96 Å². The summed E-state index contributed by atoms with van der Waals surface area (Å²) in [5, 5.41) is 13.6. The lowest BCUT2D eigenvalue weighted by molar-refractivity contribution is -0.119. The maximum absolute atomic E-state index is 12.5. The molecule has 0 bridgehead atoms. The molecule has 0 spiro atoms. The van der Waals surface area contributed by atoms with Crippen LogP contribution >= 0.6 is 0 Å². The summed E-state index contributed by atoms with van der Waals surface area (Å²) in [6.07, 6.45) is 6.47. The molecule has 236 valence electrons. The Kier molecular flexibility index (Phi) is 13.2. The number of carbonyl (C=O) groups is 1. The van der Waals surface area contributed by atoms with E-state index in [2.05, 4.69) is 75.9 Å². The van der Waals surface area contributed by atoms with Crippen LogP contribution in [0.2, 0.25) is 0 Å². The topological polar surface area (TPSA) is 103 Å². The quantitative estimate of drug-likeness (QED) is 0.134. The van der Waals surface area contributed by atoms with Crippen molar-refractivity contribution < 1.29 is 14.3 Å². The number of guanidine groups is 1. The number of nitrogens with zero attached hydrogens (tertiary/aromatic N) is 3. The number of amides is 1. The molecule has 1 amide bonds.